The fraction of sp³-hybridized carbons (Fsp3) is 0.278. The Morgan fingerprint density at radius 1 is 1.05 bits per heavy atom. The highest BCUT2D eigenvalue weighted by atomic mass is 16.5. The van der Waals surface area contributed by atoms with Gasteiger partial charge < -0.3 is 9.47 Å². The van der Waals surface area contributed by atoms with Crippen molar-refractivity contribution in [2.75, 3.05) is 20.8 Å². The summed E-state index contributed by atoms with van der Waals surface area (Å²) in [6.45, 7) is 0.724. The summed E-state index contributed by atoms with van der Waals surface area (Å²) >= 11 is 0. The van der Waals surface area contributed by atoms with Gasteiger partial charge in [-0.3, -0.25) is 5.32 Å². The van der Waals surface area contributed by atoms with E-state index in [9.17, 15) is 5.26 Å². The van der Waals surface area contributed by atoms with E-state index >= 15 is 0 Å². The topological polar surface area (TPSA) is 54.3 Å². The number of hydrogen-bond acceptors (Lipinski definition) is 4. The first kappa shape index (κ1) is 15.9. The fourth-order valence-electron chi connectivity index (χ4n) is 2.21. The third-order valence-electron chi connectivity index (χ3n) is 3.48. The number of ether oxygens (including phenoxy) is 2. The Morgan fingerprint density at radius 3 is 2.41 bits per heavy atom. The van der Waals surface area contributed by atoms with Gasteiger partial charge in [0.25, 0.3) is 0 Å². The lowest BCUT2D eigenvalue weighted by atomic mass is 10.1. The van der Waals surface area contributed by atoms with Crippen molar-refractivity contribution < 1.29 is 9.47 Å². The number of hydrogen-bond donors (Lipinski definition) is 1. The lowest BCUT2D eigenvalue weighted by Crippen LogP contribution is -2.22. The molecule has 0 saturated heterocycles. The van der Waals surface area contributed by atoms with Crippen molar-refractivity contribution in [2.24, 2.45) is 0 Å². The van der Waals surface area contributed by atoms with Crippen LogP contribution in [-0.4, -0.2) is 20.8 Å². The number of nitriles is 1. The van der Waals surface area contributed by atoms with Gasteiger partial charge in [-0.05, 0) is 41.8 Å². The quantitative estimate of drug-likeness (QED) is 0.853. The minimum absolute atomic E-state index is 0.339. The van der Waals surface area contributed by atoms with E-state index in [1.165, 1.54) is 5.56 Å². The van der Waals surface area contributed by atoms with Crippen LogP contribution >= 0.6 is 0 Å². The molecule has 2 rings (SSSR count). The fourth-order valence-corrected chi connectivity index (χ4v) is 2.21. The molecule has 1 unspecified atom stereocenters. The highest BCUT2D eigenvalue weighted by Gasteiger charge is 2.10. The molecule has 114 valence electrons. The zero-order valence-electron chi connectivity index (χ0n) is 12.9. The summed E-state index contributed by atoms with van der Waals surface area (Å²) < 4.78 is 10.3. The van der Waals surface area contributed by atoms with Gasteiger partial charge in [-0.15, -0.1) is 0 Å². The molecule has 0 aliphatic carbocycles. The molecule has 0 aliphatic heterocycles. The van der Waals surface area contributed by atoms with Crippen molar-refractivity contribution in [2.45, 2.75) is 12.5 Å². The van der Waals surface area contributed by atoms with E-state index in [4.69, 9.17) is 9.47 Å². The SMILES string of the molecule is COc1ccc(CCNC(C#N)c2cccc(OC)c2)cc1. The number of nitrogens with one attached hydrogen (secondary N) is 1. The van der Waals surface area contributed by atoms with E-state index in [2.05, 4.69) is 11.4 Å². The molecule has 1 N–H and O–H groups in total. The lowest BCUT2D eigenvalue weighted by Gasteiger charge is -2.13. The molecule has 0 radical (unpaired) electrons. The minimum Gasteiger partial charge on any atom is -0.497 e. The Balaban J connectivity index is 1.91. The highest BCUT2D eigenvalue weighted by Crippen LogP contribution is 2.19. The van der Waals surface area contributed by atoms with Gasteiger partial charge in [0, 0.05) is 6.54 Å². The number of nitrogens with zero attached hydrogens (tertiary/aromatic N) is 1. The average molecular weight is 296 g/mol. The van der Waals surface area contributed by atoms with Gasteiger partial charge in [0.2, 0.25) is 0 Å². The molecule has 4 heteroatoms. The van der Waals surface area contributed by atoms with Crippen molar-refractivity contribution in [1.29, 1.82) is 5.26 Å². The maximum absolute atomic E-state index is 9.34. The molecular weight excluding hydrogens is 276 g/mol. The molecule has 0 aliphatic rings. The number of benzene rings is 2. The van der Waals surface area contributed by atoms with Crippen molar-refractivity contribution in [3.8, 4) is 17.6 Å². The maximum atomic E-state index is 9.34. The Kier molecular flexibility index (Phi) is 5.81. The second-order valence-corrected chi connectivity index (χ2v) is 4.89. The summed E-state index contributed by atoms with van der Waals surface area (Å²) in [5.74, 6) is 1.61. The largest absolute Gasteiger partial charge is 0.497 e. The molecule has 2 aromatic rings. The normalized spacial score (nSPS) is 11.5. The first-order valence-corrected chi connectivity index (χ1v) is 7.16. The van der Waals surface area contributed by atoms with Gasteiger partial charge in [-0.1, -0.05) is 24.3 Å². The lowest BCUT2D eigenvalue weighted by molar-refractivity contribution is 0.413. The zero-order valence-corrected chi connectivity index (χ0v) is 12.9. The first-order valence-electron chi connectivity index (χ1n) is 7.16. The van der Waals surface area contributed by atoms with Crippen LogP contribution in [0.25, 0.3) is 0 Å². The van der Waals surface area contributed by atoms with Gasteiger partial charge >= 0.3 is 0 Å². The molecule has 22 heavy (non-hydrogen) atoms. The van der Waals surface area contributed by atoms with Gasteiger partial charge in [-0.2, -0.15) is 5.26 Å². The smallest absolute Gasteiger partial charge is 0.121 e. The van der Waals surface area contributed by atoms with Crippen molar-refractivity contribution in [3.63, 3.8) is 0 Å². The number of rotatable bonds is 7. The predicted molar refractivity (Wildman–Crippen MR) is 86.0 cm³/mol. The van der Waals surface area contributed by atoms with Crippen LogP contribution in [0.5, 0.6) is 11.5 Å². The summed E-state index contributed by atoms with van der Waals surface area (Å²) in [7, 11) is 3.28. The van der Waals surface area contributed by atoms with Crippen LogP contribution in [0.1, 0.15) is 17.2 Å². The summed E-state index contributed by atoms with van der Waals surface area (Å²) in [5.41, 5.74) is 2.12. The maximum Gasteiger partial charge on any atom is 0.121 e. The van der Waals surface area contributed by atoms with E-state index in [1.807, 2.05) is 48.5 Å². The van der Waals surface area contributed by atoms with Crippen molar-refractivity contribution in [1.82, 2.24) is 5.32 Å². The molecule has 0 aromatic heterocycles. The molecule has 1 atom stereocenters. The molecule has 0 fully saturated rings. The molecule has 0 bridgehead atoms. The van der Waals surface area contributed by atoms with E-state index in [0.717, 1.165) is 30.0 Å². The van der Waals surface area contributed by atoms with Crippen LogP contribution in [0.15, 0.2) is 48.5 Å². The molecule has 0 spiro atoms. The molecular formula is C18H20N2O2. The Labute approximate surface area is 131 Å². The monoisotopic (exact) mass is 296 g/mol. The van der Waals surface area contributed by atoms with Gasteiger partial charge in [-0.25, -0.2) is 0 Å². The van der Waals surface area contributed by atoms with E-state index < -0.39 is 0 Å². The van der Waals surface area contributed by atoms with Crippen LogP contribution in [0.3, 0.4) is 0 Å². The highest BCUT2D eigenvalue weighted by molar-refractivity contribution is 5.33. The van der Waals surface area contributed by atoms with Crippen LogP contribution in [-0.2, 0) is 6.42 Å². The van der Waals surface area contributed by atoms with Gasteiger partial charge in [0.15, 0.2) is 0 Å². The average Bonchev–Trinajstić information content (AvgIpc) is 2.59. The Bertz CT molecular complexity index is 632. The van der Waals surface area contributed by atoms with Crippen LogP contribution < -0.4 is 14.8 Å². The third kappa shape index (κ3) is 4.24. The van der Waals surface area contributed by atoms with E-state index in [-0.39, 0.29) is 6.04 Å². The second kappa shape index (κ2) is 8.06. The molecule has 2 aromatic carbocycles. The summed E-state index contributed by atoms with van der Waals surface area (Å²) in [6, 6.07) is 17.5. The summed E-state index contributed by atoms with van der Waals surface area (Å²) in [4.78, 5) is 0. The molecule has 0 amide bonds. The summed E-state index contributed by atoms with van der Waals surface area (Å²) in [5, 5.41) is 12.6. The minimum atomic E-state index is -0.339. The van der Waals surface area contributed by atoms with E-state index in [0.29, 0.717) is 0 Å². The molecule has 4 nitrogen and oxygen atoms in total. The molecule has 0 saturated carbocycles. The van der Waals surface area contributed by atoms with Gasteiger partial charge in [0.05, 0.1) is 20.3 Å². The second-order valence-electron chi connectivity index (χ2n) is 4.89. The van der Waals surface area contributed by atoms with Gasteiger partial charge in [0.1, 0.15) is 17.5 Å². The Hall–Kier alpha value is -2.51. The predicted octanol–water partition coefficient (Wildman–Crippen LogP) is 3.10. The van der Waals surface area contributed by atoms with Crippen LogP contribution in [0.2, 0.25) is 0 Å². The standard InChI is InChI=1S/C18H20N2O2/c1-21-16-8-6-14(7-9-16)10-11-20-18(13-19)15-4-3-5-17(12-15)22-2/h3-9,12,18,20H,10-11H2,1-2H3. The van der Waals surface area contributed by atoms with Crippen LogP contribution in [0.4, 0.5) is 0 Å². The zero-order chi connectivity index (χ0) is 15.8. The molecule has 0 heterocycles. The van der Waals surface area contributed by atoms with E-state index in [1.54, 1.807) is 14.2 Å². The summed E-state index contributed by atoms with van der Waals surface area (Å²) in [6.07, 6.45) is 0.853. The van der Waals surface area contributed by atoms with Crippen molar-refractivity contribution in [3.05, 3.63) is 59.7 Å². The van der Waals surface area contributed by atoms with Crippen molar-refractivity contribution >= 4 is 0 Å². The van der Waals surface area contributed by atoms with Crippen LogP contribution in [0, 0.1) is 11.3 Å². The third-order valence-corrected chi connectivity index (χ3v) is 3.48. The first-order chi connectivity index (χ1) is 10.8. The Morgan fingerprint density at radius 2 is 1.77 bits per heavy atom. The number of methoxy groups -OCH3 is 2.